The van der Waals surface area contributed by atoms with Crippen LogP contribution >= 0.6 is 11.8 Å². The van der Waals surface area contributed by atoms with E-state index in [1.54, 1.807) is 12.1 Å². The summed E-state index contributed by atoms with van der Waals surface area (Å²) in [6.07, 6.45) is 2.08. The zero-order valence-corrected chi connectivity index (χ0v) is 18.4. The summed E-state index contributed by atoms with van der Waals surface area (Å²) in [6, 6.07) is 12.1. The summed E-state index contributed by atoms with van der Waals surface area (Å²) in [6.45, 7) is 5.35. The molecule has 162 valence electrons. The Morgan fingerprint density at radius 3 is 2.61 bits per heavy atom. The van der Waals surface area contributed by atoms with Crippen molar-refractivity contribution in [3.63, 3.8) is 0 Å². The average molecular weight is 441 g/mol. The maximum absolute atomic E-state index is 13.4. The molecule has 3 aromatic rings. The minimum absolute atomic E-state index is 0.0821. The van der Waals surface area contributed by atoms with Crippen LogP contribution in [-0.4, -0.2) is 39.1 Å². The molecule has 2 heterocycles. The molecule has 1 N–H and O–H groups in total. The first-order valence-electron chi connectivity index (χ1n) is 10.3. The summed E-state index contributed by atoms with van der Waals surface area (Å²) in [7, 11) is 0. The number of rotatable bonds is 7. The van der Waals surface area contributed by atoms with Gasteiger partial charge in [0.2, 0.25) is 5.91 Å². The van der Waals surface area contributed by atoms with E-state index in [-0.39, 0.29) is 23.6 Å². The molecule has 0 bridgehead atoms. The topological polar surface area (TPSA) is 69.0 Å². The first kappa shape index (κ1) is 21.5. The zero-order chi connectivity index (χ0) is 21.8. The maximum atomic E-state index is 13.4. The molecular weight excluding hydrogens is 415 g/mol. The molecule has 0 spiro atoms. The van der Waals surface area contributed by atoms with E-state index < -0.39 is 0 Å². The Kier molecular flexibility index (Phi) is 6.67. The van der Waals surface area contributed by atoms with Crippen LogP contribution in [0.5, 0.6) is 0 Å². The SMILES string of the molecule is Cc1cc(C)cc(NC(=O)CSc2nnc(-c3ccc(F)cc3)n2CC2CCCO2)c1. The molecule has 1 atom stereocenters. The van der Waals surface area contributed by atoms with Crippen molar-refractivity contribution in [2.24, 2.45) is 0 Å². The van der Waals surface area contributed by atoms with Gasteiger partial charge in [-0.05, 0) is 74.2 Å². The summed E-state index contributed by atoms with van der Waals surface area (Å²) in [5.74, 6) is 0.449. The number of ether oxygens (including phenoxy) is 1. The van der Waals surface area contributed by atoms with Crippen molar-refractivity contribution < 1.29 is 13.9 Å². The second-order valence-electron chi connectivity index (χ2n) is 7.77. The number of nitrogens with zero attached hydrogens (tertiary/aromatic N) is 3. The van der Waals surface area contributed by atoms with Gasteiger partial charge in [0.05, 0.1) is 18.4 Å². The predicted molar refractivity (Wildman–Crippen MR) is 120 cm³/mol. The lowest BCUT2D eigenvalue weighted by molar-refractivity contribution is -0.113. The smallest absolute Gasteiger partial charge is 0.234 e. The van der Waals surface area contributed by atoms with Crippen LogP contribution in [0, 0.1) is 19.7 Å². The van der Waals surface area contributed by atoms with Crippen LogP contribution in [0.3, 0.4) is 0 Å². The minimum Gasteiger partial charge on any atom is -0.376 e. The third-order valence-electron chi connectivity index (χ3n) is 5.07. The number of nitrogens with one attached hydrogen (secondary N) is 1. The van der Waals surface area contributed by atoms with Gasteiger partial charge < -0.3 is 10.1 Å². The molecular formula is C23H25FN4O2S. The fourth-order valence-electron chi connectivity index (χ4n) is 3.74. The normalized spacial score (nSPS) is 15.9. The van der Waals surface area contributed by atoms with Gasteiger partial charge in [0.1, 0.15) is 5.82 Å². The van der Waals surface area contributed by atoms with Crippen LogP contribution in [0.1, 0.15) is 24.0 Å². The van der Waals surface area contributed by atoms with Gasteiger partial charge in [-0.3, -0.25) is 9.36 Å². The van der Waals surface area contributed by atoms with Gasteiger partial charge in [0, 0.05) is 17.9 Å². The van der Waals surface area contributed by atoms with Crippen molar-refractivity contribution in [1.82, 2.24) is 14.8 Å². The fourth-order valence-corrected chi connectivity index (χ4v) is 4.49. The number of carbonyl (C=O) groups is 1. The number of thioether (sulfide) groups is 1. The molecule has 1 fully saturated rings. The summed E-state index contributed by atoms with van der Waals surface area (Å²) in [5.41, 5.74) is 3.76. The van der Waals surface area contributed by atoms with E-state index in [1.807, 2.05) is 30.5 Å². The van der Waals surface area contributed by atoms with Gasteiger partial charge in [0.15, 0.2) is 11.0 Å². The number of hydrogen-bond donors (Lipinski definition) is 1. The molecule has 0 saturated carbocycles. The van der Waals surface area contributed by atoms with Crippen LogP contribution < -0.4 is 5.32 Å². The average Bonchev–Trinajstić information content (AvgIpc) is 3.37. The maximum Gasteiger partial charge on any atom is 0.234 e. The summed E-state index contributed by atoms with van der Waals surface area (Å²) in [5, 5.41) is 12.2. The number of amides is 1. The van der Waals surface area contributed by atoms with Crippen molar-refractivity contribution in [3.8, 4) is 11.4 Å². The Bertz CT molecular complexity index is 1040. The van der Waals surface area contributed by atoms with Crippen molar-refractivity contribution in [2.45, 2.75) is 44.5 Å². The van der Waals surface area contributed by atoms with Crippen molar-refractivity contribution in [2.75, 3.05) is 17.7 Å². The second-order valence-corrected chi connectivity index (χ2v) is 8.71. The van der Waals surface area contributed by atoms with Gasteiger partial charge in [-0.1, -0.05) is 17.8 Å². The molecule has 1 aromatic heterocycles. The number of hydrogen-bond acceptors (Lipinski definition) is 5. The highest BCUT2D eigenvalue weighted by molar-refractivity contribution is 7.99. The number of halogens is 1. The lowest BCUT2D eigenvalue weighted by Gasteiger charge is -2.15. The first-order valence-corrected chi connectivity index (χ1v) is 11.3. The van der Waals surface area contributed by atoms with E-state index in [0.717, 1.165) is 41.8 Å². The van der Waals surface area contributed by atoms with Crippen LogP contribution in [0.25, 0.3) is 11.4 Å². The fraction of sp³-hybridized carbons (Fsp3) is 0.348. The van der Waals surface area contributed by atoms with Crippen molar-refractivity contribution in [3.05, 3.63) is 59.4 Å². The molecule has 1 aliphatic rings. The summed E-state index contributed by atoms with van der Waals surface area (Å²) in [4.78, 5) is 12.5. The second kappa shape index (κ2) is 9.62. The van der Waals surface area contributed by atoms with Gasteiger partial charge >= 0.3 is 0 Å². The quantitative estimate of drug-likeness (QED) is 0.544. The molecule has 0 aliphatic carbocycles. The van der Waals surface area contributed by atoms with Gasteiger partial charge in [-0.25, -0.2) is 4.39 Å². The van der Waals surface area contributed by atoms with Crippen LogP contribution in [0.2, 0.25) is 0 Å². The molecule has 6 nitrogen and oxygen atoms in total. The van der Waals surface area contributed by atoms with Gasteiger partial charge in [-0.2, -0.15) is 0 Å². The lowest BCUT2D eigenvalue weighted by Crippen LogP contribution is -2.18. The van der Waals surface area contributed by atoms with Crippen molar-refractivity contribution in [1.29, 1.82) is 0 Å². The summed E-state index contributed by atoms with van der Waals surface area (Å²) >= 11 is 1.33. The molecule has 31 heavy (non-hydrogen) atoms. The molecule has 1 amide bonds. The lowest BCUT2D eigenvalue weighted by atomic mass is 10.1. The van der Waals surface area contributed by atoms with E-state index in [1.165, 1.54) is 23.9 Å². The molecule has 1 saturated heterocycles. The highest BCUT2D eigenvalue weighted by Crippen LogP contribution is 2.27. The number of aromatic nitrogens is 3. The Morgan fingerprint density at radius 1 is 1.19 bits per heavy atom. The molecule has 1 unspecified atom stereocenters. The van der Waals surface area contributed by atoms with Crippen LogP contribution in [0.4, 0.5) is 10.1 Å². The highest BCUT2D eigenvalue weighted by atomic mass is 32.2. The molecule has 8 heteroatoms. The predicted octanol–water partition coefficient (Wildman–Crippen LogP) is 4.61. The molecule has 2 aromatic carbocycles. The Balaban J connectivity index is 1.50. The van der Waals surface area contributed by atoms with Crippen molar-refractivity contribution >= 4 is 23.4 Å². The van der Waals surface area contributed by atoms with Gasteiger partial charge in [-0.15, -0.1) is 10.2 Å². The molecule has 4 rings (SSSR count). The standard InChI is InChI=1S/C23H25FN4O2S/c1-15-10-16(2)12-19(11-15)25-21(29)14-31-23-27-26-22(17-5-7-18(24)8-6-17)28(23)13-20-4-3-9-30-20/h5-8,10-12,20H,3-4,9,13-14H2,1-2H3,(H,25,29). The monoisotopic (exact) mass is 440 g/mol. The minimum atomic E-state index is -0.299. The Hall–Kier alpha value is -2.71. The number of aryl methyl sites for hydroxylation is 2. The first-order chi connectivity index (χ1) is 15.0. The number of benzene rings is 2. The van der Waals surface area contributed by atoms with E-state index in [4.69, 9.17) is 4.74 Å². The highest BCUT2D eigenvalue weighted by Gasteiger charge is 2.22. The zero-order valence-electron chi connectivity index (χ0n) is 17.6. The van der Waals surface area contributed by atoms with Crippen LogP contribution in [0.15, 0.2) is 47.6 Å². The van der Waals surface area contributed by atoms with E-state index in [0.29, 0.717) is 17.5 Å². The van der Waals surface area contributed by atoms with E-state index >= 15 is 0 Å². The Labute approximate surface area is 185 Å². The number of anilines is 1. The molecule has 0 radical (unpaired) electrons. The molecule has 1 aliphatic heterocycles. The van der Waals surface area contributed by atoms with E-state index in [9.17, 15) is 9.18 Å². The van der Waals surface area contributed by atoms with Crippen LogP contribution in [-0.2, 0) is 16.1 Å². The largest absolute Gasteiger partial charge is 0.376 e. The summed E-state index contributed by atoms with van der Waals surface area (Å²) < 4.78 is 21.1. The third kappa shape index (κ3) is 5.51. The Morgan fingerprint density at radius 2 is 1.94 bits per heavy atom. The van der Waals surface area contributed by atoms with Gasteiger partial charge in [0.25, 0.3) is 0 Å². The number of carbonyl (C=O) groups excluding carboxylic acids is 1. The van der Waals surface area contributed by atoms with E-state index in [2.05, 4.69) is 21.6 Å². The third-order valence-corrected chi connectivity index (χ3v) is 6.03.